The van der Waals surface area contributed by atoms with Gasteiger partial charge in [0.1, 0.15) is 0 Å². The predicted octanol–water partition coefficient (Wildman–Crippen LogP) is 0.322. The van der Waals surface area contributed by atoms with E-state index in [1.807, 2.05) is 0 Å². The van der Waals surface area contributed by atoms with Gasteiger partial charge in [0.05, 0.1) is 19.0 Å². The molecule has 0 amide bonds. The highest BCUT2D eigenvalue weighted by atomic mass is 32.3. The maximum Gasteiger partial charge on any atom is 0.303 e. The van der Waals surface area contributed by atoms with Crippen molar-refractivity contribution in [1.29, 1.82) is 0 Å². The first-order chi connectivity index (χ1) is 4.41. The molecule has 0 N–H and O–H groups in total. The maximum atomic E-state index is 12.0. The highest BCUT2D eigenvalue weighted by molar-refractivity contribution is 7.86. The first-order valence-corrected chi connectivity index (χ1v) is 4.47. The molecular weight excluding hydrogens is 159 g/mol. The zero-order chi connectivity index (χ0) is 7.83. The van der Waals surface area contributed by atoms with E-state index in [0.717, 1.165) is 0 Å². The van der Waals surface area contributed by atoms with Gasteiger partial charge >= 0.3 is 10.2 Å². The van der Waals surface area contributed by atoms with Crippen molar-refractivity contribution in [3.05, 3.63) is 0 Å². The average Bonchev–Trinajstić information content (AvgIpc) is 1.57. The lowest BCUT2D eigenvalue weighted by Crippen LogP contribution is -2.44. The second kappa shape index (κ2) is 2.17. The van der Waals surface area contributed by atoms with Crippen LogP contribution in [0.5, 0.6) is 0 Å². The van der Waals surface area contributed by atoms with Gasteiger partial charge in [-0.2, -0.15) is 8.42 Å². The lowest BCUT2D eigenvalue weighted by atomic mass is 9.92. The van der Waals surface area contributed by atoms with Crippen LogP contribution in [0.2, 0.25) is 0 Å². The first kappa shape index (κ1) is 7.94. The Kier molecular flexibility index (Phi) is 1.72. The predicted molar refractivity (Wildman–Crippen MR) is 33.8 cm³/mol. The number of halogens is 1. The van der Waals surface area contributed by atoms with Gasteiger partial charge in [-0.25, -0.2) is 0 Å². The van der Waals surface area contributed by atoms with Crippen LogP contribution in [0.25, 0.3) is 0 Å². The van der Waals surface area contributed by atoms with Crippen LogP contribution in [-0.2, 0) is 15.0 Å². The highest BCUT2D eigenvalue weighted by Crippen LogP contribution is 2.28. The van der Waals surface area contributed by atoms with Crippen molar-refractivity contribution in [3.63, 3.8) is 0 Å². The monoisotopic (exact) mass is 168 g/mol. The fourth-order valence-electron chi connectivity index (χ4n) is 0.950. The smallest absolute Gasteiger partial charge is 0.303 e. The molecule has 0 bridgehead atoms. The molecule has 0 aliphatic carbocycles. The van der Waals surface area contributed by atoms with E-state index in [0.29, 0.717) is 13.2 Å². The molecule has 1 saturated heterocycles. The zero-order valence-electron chi connectivity index (χ0n) is 5.63. The van der Waals surface area contributed by atoms with E-state index in [-0.39, 0.29) is 0 Å². The molecule has 1 aliphatic rings. The molecule has 1 rings (SSSR count). The summed E-state index contributed by atoms with van der Waals surface area (Å²) in [6.07, 6.45) is 0. The molecule has 0 spiro atoms. The topological polar surface area (TPSA) is 43.4 Å². The van der Waals surface area contributed by atoms with Crippen molar-refractivity contribution in [2.24, 2.45) is 5.41 Å². The van der Waals surface area contributed by atoms with E-state index < -0.39 is 21.4 Å². The van der Waals surface area contributed by atoms with E-state index in [2.05, 4.69) is 0 Å². The van der Waals surface area contributed by atoms with Crippen molar-refractivity contribution >= 4 is 10.2 Å². The minimum Gasteiger partial charge on any atom is -0.380 e. The van der Waals surface area contributed by atoms with Crippen LogP contribution in [0.3, 0.4) is 0 Å². The van der Waals surface area contributed by atoms with Crippen molar-refractivity contribution in [2.45, 2.75) is 6.92 Å². The Hall–Kier alpha value is -0.160. The molecule has 0 atom stereocenters. The summed E-state index contributed by atoms with van der Waals surface area (Å²) in [7, 11) is -4.32. The molecule has 3 nitrogen and oxygen atoms in total. The standard InChI is InChI=1S/C5H9FO3S/c1-5(2-9-3-5)4-10(6,7)8/h2-4H2,1H3. The fourth-order valence-corrected chi connectivity index (χ4v) is 1.95. The highest BCUT2D eigenvalue weighted by Gasteiger charge is 2.38. The summed E-state index contributed by atoms with van der Waals surface area (Å²) >= 11 is 0. The van der Waals surface area contributed by atoms with Gasteiger partial charge in [-0.15, -0.1) is 3.89 Å². The van der Waals surface area contributed by atoms with Gasteiger partial charge in [-0.3, -0.25) is 0 Å². The molecule has 5 heteroatoms. The third-order valence-corrected chi connectivity index (χ3v) is 2.46. The summed E-state index contributed by atoms with van der Waals surface area (Å²) in [5.74, 6) is -0.417. The van der Waals surface area contributed by atoms with Gasteiger partial charge in [0.25, 0.3) is 0 Å². The minimum absolute atomic E-state index is 0.343. The lowest BCUT2D eigenvalue weighted by Gasteiger charge is -2.36. The van der Waals surface area contributed by atoms with E-state index in [4.69, 9.17) is 4.74 Å². The second-order valence-electron chi connectivity index (χ2n) is 2.99. The SMILES string of the molecule is CC1(CS(=O)(=O)F)COC1. The quantitative estimate of drug-likeness (QED) is 0.558. The molecule has 0 radical (unpaired) electrons. The molecule has 1 aliphatic heterocycles. The Balaban J connectivity index is 2.53. The summed E-state index contributed by atoms with van der Waals surface area (Å²) in [4.78, 5) is 0. The summed E-state index contributed by atoms with van der Waals surface area (Å²) < 4.78 is 37.0. The van der Waals surface area contributed by atoms with Gasteiger partial charge in [-0.05, 0) is 0 Å². The third kappa shape index (κ3) is 1.91. The van der Waals surface area contributed by atoms with Crippen LogP contribution in [0, 0.1) is 5.41 Å². The summed E-state index contributed by atoms with van der Waals surface area (Å²) in [6, 6.07) is 0. The molecule has 0 unspecified atom stereocenters. The van der Waals surface area contributed by atoms with E-state index in [9.17, 15) is 12.3 Å². The number of rotatable bonds is 2. The van der Waals surface area contributed by atoms with E-state index in [1.54, 1.807) is 6.92 Å². The Labute approximate surface area is 59.4 Å². The number of ether oxygens (including phenoxy) is 1. The lowest BCUT2D eigenvalue weighted by molar-refractivity contribution is -0.0873. The number of hydrogen-bond acceptors (Lipinski definition) is 3. The minimum atomic E-state index is -4.32. The van der Waals surface area contributed by atoms with Gasteiger partial charge in [0.2, 0.25) is 0 Å². The average molecular weight is 168 g/mol. The molecule has 0 aromatic carbocycles. The summed E-state index contributed by atoms with van der Waals surface area (Å²) in [5, 5.41) is 0. The van der Waals surface area contributed by atoms with Crippen LogP contribution in [0.1, 0.15) is 6.92 Å². The Morgan fingerprint density at radius 1 is 1.60 bits per heavy atom. The Morgan fingerprint density at radius 2 is 2.10 bits per heavy atom. The fraction of sp³-hybridized carbons (Fsp3) is 1.00. The van der Waals surface area contributed by atoms with Crippen LogP contribution in [0.4, 0.5) is 3.89 Å². The van der Waals surface area contributed by atoms with Crippen LogP contribution < -0.4 is 0 Å². The molecule has 0 aromatic heterocycles. The van der Waals surface area contributed by atoms with Gasteiger partial charge in [-0.1, -0.05) is 6.92 Å². The van der Waals surface area contributed by atoms with Crippen molar-refractivity contribution < 1.29 is 17.0 Å². The molecule has 1 heterocycles. The Bertz CT molecular complexity index is 217. The molecule has 1 fully saturated rings. The van der Waals surface area contributed by atoms with Crippen LogP contribution in [-0.4, -0.2) is 27.4 Å². The normalized spacial score (nSPS) is 23.8. The zero-order valence-corrected chi connectivity index (χ0v) is 6.45. The summed E-state index contributed by atoms with van der Waals surface area (Å²) in [5.41, 5.74) is -0.479. The Morgan fingerprint density at radius 3 is 2.20 bits per heavy atom. The van der Waals surface area contributed by atoms with Gasteiger partial charge < -0.3 is 4.74 Å². The van der Waals surface area contributed by atoms with Crippen molar-refractivity contribution in [1.82, 2.24) is 0 Å². The van der Waals surface area contributed by atoms with Gasteiger partial charge in [0.15, 0.2) is 0 Å². The molecule has 10 heavy (non-hydrogen) atoms. The summed E-state index contributed by atoms with van der Waals surface area (Å²) in [6.45, 7) is 2.37. The molecule has 60 valence electrons. The molecular formula is C5H9FO3S. The van der Waals surface area contributed by atoms with Gasteiger partial charge in [0, 0.05) is 5.41 Å². The maximum absolute atomic E-state index is 12.0. The largest absolute Gasteiger partial charge is 0.380 e. The third-order valence-electron chi connectivity index (χ3n) is 1.42. The van der Waals surface area contributed by atoms with E-state index >= 15 is 0 Å². The van der Waals surface area contributed by atoms with Crippen LogP contribution in [0.15, 0.2) is 0 Å². The van der Waals surface area contributed by atoms with Crippen LogP contribution >= 0.6 is 0 Å². The number of hydrogen-bond donors (Lipinski definition) is 0. The van der Waals surface area contributed by atoms with Crippen molar-refractivity contribution in [2.75, 3.05) is 19.0 Å². The van der Waals surface area contributed by atoms with E-state index in [1.165, 1.54) is 0 Å². The molecule has 0 saturated carbocycles. The second-order valence-corrected chi connectivity index (χ2v) is 4.35. The first-order valence-electron chi connectivity index (χ1n) is 2.91. The van der Waals surface area contributed by atoms with Crippen molar-refractivity contribution in [3.8, 4) is 0 Å². The molecule has 0 aromatic rings.